The Balaban J connectivity index is 2.08. The minimum atomic E-state index is -0.493. The van der Waals surface area contributed by atoms with E-state index >= 15 is 0 Å². The van der Waals surface area contributed by atoms with E-state index in [9.17, 15) is 9.59 Å². The molecule has 0 aliphatic heterocycles. The van der Waals surface area contributed by atoms with Crippen LogP contribution in [0, 0.1) is 13.8 Å². The van der Waals surface area contributed by atoms with Gasteiger partial charge in [0, 0.05) is 11.3 Å². The van der Waals surface area contributed by atoms with E-state index in [2.05, 4.69) is 5.32 Å². The smallest absolute Gasteiger partial charge is 0.248 e. The summed E-state index contributed by atoms with van der Waals surface area (Å²) < 4.78 is 5.27. The second-order valence-corrected chi connectivity index (χ2v) is 5.34. The summed E-state index contributed by atoms with van der Waals surface area (Å²) in [4.78, 5) is 23.2. The highest BCUT2D eigenvalue weighted by Gasteiger charge is 2.11. The number of anilines is 1. The molecule has 0 bridgehead atoms. The Kier molecular flexibility index (Phi) is 5.01. The molecule has 2 aromatic rings. The summed E-state index contributed by atoms with van der Waals surface area (Å²) in [6.07, 6.45) is 0.272. The Hall–Kier alpha value is -2.82. The fourth-order valence-corrected chi connectivity index (χ4v) is 2.36. The Morgan fingerprint density at radius 3 is 2.26 bits per heavy atom. The maximum atomic E-state index is 12.2. The van der Waals surface area contributed by atoms with E-state index in [4.69, 9.17) is 10.5 Å². The monoisotopic (exact) mass is 312 g/mol. The van der Waals surface area contributed by atoms with Crippen LogP contribution in [-0.2, 0) is 11.2 Å². The summed E-state index contributed by atoms with van der Waals surface area (Å²) in [6.45, 7) is 3.94. The maximum absolute atomic E-state index is 12.2. The molecule has 2 aromatic carbocycles. The van der Waals surface area contributed by atoms with Crippen LogP contribution in [0.2, 0.25) is 0 Å². The van der Waals surface area contributed by atoms with Gasteiger partial charge in [-0.05, 0) is 60.9 Å². The number of hydrogen-bond donors (Lipinski definition) is 2. The molecule has 0 aliphatic rings. The topological polar surface area (TPSA) is 81.4 Å². The largest absolute Gasteiger partial charge is 0.496 e. The molecule has 23 heavy (non-hydrogen) atoms. The number of primary amides is 1. The van der Waals surface area contributed by atoms with Gasteiger partial charge in [0.15, 0.2) is 0 Å². The van der Waals surface area contributed by atoms with Gasteiger partial charge in [0.1, 0.15) is 5.75 Å². The molecule has 3 N–H and O–H groups in total. The van der Waals surface area contributed by atoms with Crippen LogP contribution in [-0.4, -0.2) is 18.9 Å². The number of hydrogen-bond acceptors (Lipinski definition) is 3. The average Bonchev–Trinajstić information content (AvgIpc) is 2.52. The van der Waals surface area contributed by atoms with Crippen molar-refractivity contribution in [2.45, 2.75) is 20.3 Å². The molecule has 0 spiro atoms. The lowest BCUT2D eigenvalue weighted by atomic mass is 9.99. The van der Waals surface area contributed by atoms with Crippen molar-refractivity contribution in [1.29, 1.82) is 0 Å². The standard InChI is InChI=1S/C18H20N2O3/c1-11-12(2)16(23-3)9-6-14(11)10-17(21)20-15-7-4-13(5-8-15)18(19)22/h4-9H,10H2,1-3H3,(H2,19,22)(H,20,21). The van der Waals surface area contributed by atoms with Crippen molar-refractivity contribution >= 4 is 17.5 Å². The van der Waals surface area contributed by atoms with Crippen molar-refractivity contribution in [3.8, 4) is 5.75 Å². The number of carbonyl (C=O) groups excluding carboxylic acids is 2. The molecule has 2 amide bonds. The van der Waals surface area contributed by atoms with Gasteiger partial charge in [-0.15, -0.1) is 0 Å². The Labute approximate surface area is 135 Å². The molecule has 0 saturated heterocycles. The van der Waals surface area contributed by atoms with Gasteiger partial charge in [0.05, 0.1) is 13.5 Å². The van der Waals surface area contributed by atoms with Gasteiger partial charge in [-0.25, -0.2) is 0 Å². The molecule has 120 valence electrons. The third kappa shape index (κ3) is 3.88. The molecule has 0 atom stereocenters. The third-order valence-corrected chi connectivity index (χ3v) is 3.87. The molecule has 0 heterocycles. The fourth-order valence-electron chi connectivity index (χ4n) is 2.36. The van der Waals surface area contributed by atoms with Crippen LogP contribution in [0.1, 0.15) is 27.0 Å². The van der Waals surface area contributed by atoms with Crippen molar-refractivity contribution in [2.75, 3.05) is 12.4 Å². The second-order valence-electron chi connectivity index (χ2n) is 5.34. The average molecular weight is 312 g/mol. The number of ether oxygens (including phenoxy) is 1. The van der Waals surface area contributed by atoms with Crippen LogP contribution >= 0.6 is 0 Å². The van der Waals surface area contributed by atoms with E-state index in [1.54, 1.807) is 31.4 Å². The summed E-state index contributed by atoms with van der Waals surface area (Å²) in [5, 5.41) is 2.81. The van der Waals surface area contributed by atoms with E-state index in [0.717, 1.165) is 22.4 Å². The highest BCUT2D eigenvalue weighted by atomic mass is 16.5. The Morgan fingerprint density at radius 1 is 1.04 bits per heavy atom. The van der Waals surface area contributed by atoms with Gasteiger partial charge in [0.25, 0.3) is 0 Å². The molecule has 0 unspecified atom stereocenters. The zero-order valence-corrected chi connectivity index (χ0v) is 13.5. The van der Waals surface area contributed by atoms with Gasteiger partial charge in [0.2, 0.25) is 11.8 Å². The molecule has 2 rings (SSSR count). The van der Waals surface area contributed by atoms with Gasteiger partial charge in [-0.2, -0.15) is 0 Å². The van der Waals surface area contributed by atoms with E-state index in [1.807, 2.05) is 26.0 Å². The zero-order valence-electron chi connectivity index (χ0n) is 13.5. The van der Waals surface area contributed by atoms with Crippen LogP contribution in [0.4, 0.5) is 5.69 Å². The van der Waals surface area contributed by atoms with Crippen LogP contribution in [0.3, 0.4) is 0 Å². The summed E-state index contributed by atoms with van der Waals surface area (Å²) >= 11 is 0. The number of amides is 2. The van der Waals surface area contributed by atoms with Crippen molar-refractivity contribution in [3.63, 3.8) is 0 Å². The highest BCUT2D eigenvalue weighted by Crippen LogP contribution is 2.24. The molecule has 0 fully saturated rings. The molecule has 0 saturated carbocycles. The van der Waals surface area contributed by atoms with Gasteiger partial charge in [-0.3, -0.25) is 9.59 Å². The van der Waals surface area contributed by atoms with Crippen molar-refractivity contribution in [2.24, 2.45) is 5.73 Å². The van der Waals surface area contributed by atoms with Crippen LogP contribution < -0.4 is 15.8 Å². The number of carbonyl (C=O) groups is 2. The van der Waals surface area contributed by atoms with Crippen LogP contribution in [0.5, 0.6) is 5.75 Å². The first-order valence-electron chi connectivity index (χ1n) is 7.25. The number of rotatable bonds is 5. The van der Waals surface area contributed by atoms with Crippen LogP contribution in [0.15, 0.2) is 36.4 Å². The predicted octanol–water partition coefficient (Wildman–Crippen LogP) is 2.59. The normalized spacial score (nSPS) is 10.2. The van der Waals surface area contributed by atoms with Gasteiger partial charge >= 0.3 is 0 Å². The number of benzene rings is 2. The van der Waals surface area contributed by atoms with Crippen molar-refractivity contribution in [1.82, 2.24) is 0 Å². The number of nitrogens with one attached hydrogen (secondary N) is 1. The summed E-state index contributed by atoms with van der Waals surface area (Å²) in [7, 11) is 1.63. The summed E-state index contributed by atoms with van der Waals surface area (Å²) in [5.74, 6) is 0.199. The van der Waals surface area contributed by atoms with E-state index in [-0.39, 0.29) is 12.3 Å². The second kappa shape index (κ2) is 6.96. The van der Waals surface area contributed by atoms with Crippen LogP contribution in [0.25, 0.3) is 0 Å². The summed E-state index contributed by atoms with van der Waals surface area (Å²) in [5.41, 5.74) is 9.25. The molecule has 0 aliphatic carbocycles. The minimum absolute atomic E-state index is 0.121. The number of nitrogens with two attached hydrogens (primary N) is 1. The first-order valence-corrected chi connectivity index (χ1v) is 7.25. The van der Waals surface area contributed by atoms with E-state index in [1.165, 1.54) is 0 Å². The maximum Gasteiger partial charge on any atom is 0.248 e. The molecular formula is C18H20N2O3. The molecule has 5 nitrogen and oxygen atoms in total. The first kappa shape index (κ1) is 16.5. The molecule has 0 aromatic heterocycles. The number of methoxy groups -OCH3 is 1. The lowest BCUT2D eigenvalue weighted by Crippen LogP contribution is -2.16. The Bertz CT molecular complexity index is 737. The van der Waals surface area contributed by atoms with Gasteiger partial charge in [-0.1, -0.05) is 6.07 Å². The van der Waals surface area contributed by atoms with E-state index in [0.29, 0.717) is 11.3 Å². The Morgan fingerprint density at radius 2 is 1.70 bits per heavy atom. The van der Waals surface area contributed by atoms with Crippen molar-refractivity contribution in [3.05, 3.63) is 58.7 Å². The lowest BCUT2D eigenvalue weighted by molar-refractivity contribution is -0.115. The highest BCUT2D eigenvalue weighted by molar-refractivity contribution is 5.95. The zero-order chi connectivity index (χ0) is 17.0. The predicted molar refractivity (Wildman–Crippen MR) is 89.8 cm³/mol. The van der Waals surface area contributed by atoms with Gasteiger partial charge < -0.3 is 15.8 Å². The van der Waals surface area contributed by atoms with Crippen molar-refractivity contribution < 1.29 is 14.3 Å². The first-order chi connectivity index (χ1) is 10.9. The molecule has 0 radical (unpaired) electrons. The van der Waals surface area contributed by atoms with E-state index < -0.39 is 5.91 Å². The molecule has 5 heteroatoms. The lowest BCUT2D eigenvalue weighted by Gasteiger charge is -2.12. The summed E-state index contributed by atoms with van der Waals surface area (Å²) in [6, 6.07) is 10.2. The molecular weight excluding hydrogens is 292 g/mol. The quantitative estimate of drug-likeness (QED) is 0.890. The third-order valence-electron chi connectivity index (χ3n) is 3.87. The minimum Gasteiger partial charge on any atom is -0.496 e. The SMILES string of the molecule is COc1ccc(CC(=O)Nc2ccc(C(N)=O)cc2)c(C)c1C. The fraction of sp³-hybridized carbons (Fsp3) is 0.222.